The molecule has 1 aromatic carbocycles. The Balaban J connectivity index is 2.00. The summed E-state index contributed by atoms with van der Waals surface area (Å²) in [6.45, 7) is 4.16. The molecule has 0 bridgehead atoms. The summed E-state index contributed by atoms with van der Waals surface area (Å²) in [4.78, 5) is 18.8. The monoisotopic (exact) mass is 353 g/mol. The molecular formula is C16H20ClN3O2S. The minimum atomic E-state index is -1.03. The van der Waals surface area contributed by atoms with E-state index in [0.29, 0.717) is 15.9 Å². The number of halogens is 1. The lowest BCUT2D eigenvalue weighted by molar-refractivity contribution is -0.128. The molecule has 2 aromatic rings. The Morgan fingerprint density at radius 3 is 2.61 bits per heavy atom. The van der Waals surface area contributed by atoms with Gasteiger partial charge >= 0.3 is 0 Å². The van der Waals surface area contributed by atoms with Gasteiger partial charge in [-0.1, -0.05) is 11.6 Å². The lowest BCUT2D eigenvalue weighted by Crippen LogP contribution is -2.42. The Labute approximate surface area is 145 Å². The first-order valence-electron chi connectivity index (χ1n) is 7.11. The van der Waals surface area contributed by atoms with Crippen LogP contribution in [0.4, 0.5) is 5.13 Å². The number of carbonyl (C=O) groups excluding carboxylic acids is 1. The van der Waals surface area contributed by atoms with Gasteiger partial charge in [0.2, 0.25) is 0 Å². The van der Waals surface area contributed by atoms with E-state index >= 15 is 0 Å². The average Bonchev–Trinajstić information content (AvgIpc) is 2.87. The van der Waals surface area contributed by atoms with Gasteiger partial charge in [0.15, 0.2) is 10.7 Å². The molecule has 0 aliphatic rings. The van der Waals surface area contributed by atoms with Crippen molar-refractivity contribution in [1.29, 1.82) is 0 Å². The summed E-state index contributed by atoms with van der Waals surface area (Å²) in [6.07, 6.45) is 0. The quantitative estimate of drug-likeness (QED) is 0.861. The number of aromatic nitrogens is 1. The van der Waals surface area contributed by atoms with E-state index in [-0.39, 0.29) is 5.91 Å². The van der Waals surface area contributed by atoms with Crippen LogP contribution in [-0.4, -0.2) is 35.5 Å². The number of ether oxygens (including phenoxy) is 1. The van der Waals surface area contributed by atoms with Crippen molar-refractivity contribution in [3.8, 4) is 5.75 Å². The fourth-order valence-corrected chi connectivity index (χ4v) is 2.67. The predicted molar refractivity (Wildman–Crippen MR) is 94.3 cm³/mol. The molecule has 2 rings (SSSR count). The molecular weight excluding hydrogens is 334 g/mol. The lowest BCUT2D eigenvalue weighted by Gasteiger charge is -2.24. The third kappa shape index (κ3) is 5.20. The van der Waals surface area contributed by atoms with E-state index in [4.69, 9.17) is 16.3 Å². The van der Waals surface area contributed by atoms with Gasteiger partial charge in [-0.2, -0.15) is 0 Å². The molecule has 0 atom stereocenters. The van der Waals surface area contributed by atoms with Crippen LogP contribution in [0.2, 0.25) is 5.02 Å². The SMILES string of the molecule is CN(C)Cc1csc(NC(=O)C(C)(C)Oc2ccc(Cl)cc2)n1. The molecule has 0 unspecified atom stereocenters. The first-order valence-corrected chi connectivity index (χ1v) is 8.37. The summed E-state index contributed by atoms with van der Waals surface area (Å²) in [7, 11) is 3.95. The molecule has 23 heavy (non-hydrogen) atoms. The maximum Gasteiger partial charge on any atom is 0.269 e. The molecule has 1 aromatic heterocycles. The highest BCUT2D eigenvalue weighted by Gasteiger charge is 2.30. The van der Waals surface area contributed by atoms with Gasteiger partial charge in [-0.05, 0) is 52.2 Å². The smallest absolute Gasteiger partial charge is 0.269 e. The highest BCUT2D eigenvalue weighted by Crippen LogP contribution is 2.23. The first-order chi connectivity index (χ1) is 10.8. The van der Waals surface area contributed by atoms with Crippen LogP contribution in [-0.2, 0) is 11.3 Å². The zero-order chi connectivity index (χ0) is 17.0. The van der Waals surface area contributed by atoms with E-state index in [1.165, 1.54) is 11.3 Å². The molecule has 7 heteroatoms. The van der Waals surface area contributed by atoms with Crippen LogP contribution in [0.5, 0.6) is 5.75 Å². The van der Waals surface area contributed by atoms with Crippen LogP contribution >= 0.6 is 22.9 Å². The Bertz CT molecular complexity index is 668. The fraction of sp³-hybridized carbons (Fsp3) is 0.375. The summed E-state index contributed by atoms with van der Waals surface area (Å²) in [5.41, 5.74) is -0.104. The first kappa shape index (κ1) is 17.7. The number of rotatable bonds is 6. The van der Waals surface area contributed by atoms with Crippen molar-refractivity contribution in [2.75, 3.05) is 19.4 Å². The predicted octanol–water partition coefficient (Wildman–Crippen LogP) is 3.65. The normalized spacial score (nSPS) is 11.6. The van der Waals surface area contributed by atoms with Crippen molar-refractivity contribution in [3.63, 3.8) is 0 Å². The van der Waals surface area contributed by atoms with Gasteiger partial charge in [-0.25, -0.2) is 4.98 Å². The van der Waals surface area contributed by atoms with Crippen molar-refractivity contribution in [3.05, 3.63) is 40.4 Å². The van der Waals surface area contributed by atoms with Crippen molar-refractivity contribution in [2.45, 2.75) is 26.0 Å². The molecule has 5 nitrogen and oxygen atoms in total. The maximum atomic E-state index is 12.4. The van der Waals surface area contributed by atoms with E-state index in [1.807, 2.05) is 24.4 Å². The highest BCUT2D eigenvalue weighted by atomic mass is 35.5. The Morgan fingerprint density at radius 2 is 2.00 bits per heavy atom. The Morgan fingerprint density at radius 1 is 1.35 bits per heavy atom. The van der Waals surface area contributed by atoms with Crippen molar-refractivity contribution in [1.82, 2.24) is 9.88 Å². The highest BCUT2D eigenvalue weighted by molar-refractivity contribution is 7.13. The van der Waals surface area contributed by atoms with Crippen molar-refractivity contribution in [2.24, 2.45) is 0 Å². The molecule has 0 aliphatic carbocycles. The van der Waals surface area contributed by atoms with Crippen LogP contribution < -0.4 is 10.1 Å². The third-order valence-electron chi connectivity index (χ3n) is 2.98. The molecule has 1 amide bonds. The van der Waals surface area contributed by atoms with Crippen LogP contribution in [0.15, 0.2) is 29.6 Å². The largest absolute Gasteiger partial charge is 0.478 e. The van der Waals surface area contributed by atoms with Crippen LogP contribution in [0.1, 0.15) is 19.5 Å². The number of hydrogen-bond donors (Lipinski definition) is 1. The Hall–Kier alpha value is -1.63. The molecule has 0 fully saturated rings. The van der Waals surface area contributed by atoms with E-state index < -0.39 is 5.60 Å². The maximum absolute atomic E-state index is 12.4. The minimum Gasteiger partial charge on any atom is -0.478 e. The number of thiazole rings is 1. The molecule has 1 heterocycles. The molecule has 0 spiro atoms. The lowest BCUT2D eigenvalue weighted by atomic mass is 10.1. The van der Waals surface area contributed by atoms with Gasteiger partial charge in [0, 0.05) is 16.9 Å². The van der Waals surface area contributed by atoms with E-state index in [1.54, 1.807) is 38.1 Å². The van der Waals surface area contributed by atoms with E-state index in [2.05, 4.69) is 10.3 Å². The fourth-order valence-electron chi connectivity index (χ4n) is 1.85. The number of nitrogens with zero attached hydrogens (tertiary/aromatic N) is 2. The van der Waals surface area contributed by atoms with Crippen molar-refractivity contribution < 1.29 is 9.53 Å². The van der Waals surface area contributed by atoms with Gasteiger partial charge < -0.3 is 9.64 Å². The number of benzene rings is 1. The number of nitrogens with one attached hydrogen (secondary N) is 1. The number of amides is 1. The summed E-state index contributed by atoms with van der Waals surface area (Å²) in [5, 5.41) is 5.93. The summed E-state index contributed by atoms with van der Waals surface area (Å²) in [5.74, 6) is 0.334. The summed E-state index contributed by atoms with van der Waals surface area (Å²) < 4.78 is 5.76. The minimum absolute atomic E-state index is 0.252. The molecule has 0 radical (unpaired) electrons. The topological polar surface area (TPSA) is 54.5 Å². The van der Waals surface area contributed by atoms with Gasteiger partial charge in [0.05, 0.1) is 5.69 Å². The van der Waals surface area contributed by atoms with Crippen molar-refractivity contribution >= 4 is 34.0 Å². The van der Waals surface area contributed by atoms with Gasteiger partial charge in [-0.3, -0.25) is 10.1 Å². The molecule has 0 saturated carbocycles. The van der Waals surface area contributed by atoms with Gasteiger partial charge in [-0.15, -0.1) is 11.3 Å². The summed E-state index contributed by atoms with van der Waals surface area (Å²) >= 11 is 7.25. The Kier molecular flexibility index (Phi) is 5.62. The van der Waals surface area contributed by atoms with Gasteiger partial charge in [0.25, 0.3) is 5.91 Å². The van der Waals surface area contributed by atoms with Crippen LogP contribution in [0.3, 0.4) is 0 Å². The standard InChI is InChI=1S/C16H20ClN3O2S/c1-16(2,22-13-7-5-11(17)6-8-13)14(21)19-15-18-12(10-23-15)9-20(3)4/h5-8,10H,9H2,1-4H3,(H,18,19,21). The van der Waals surface area contributed by atoms with Crippen LogP contribution in [0.25, 0.3) is 0 Å². The molecule has 124 valence electrons. The zero-order valence-corrected chi connectivity index (χ0v) is 15.2. The second-order valence-electron chi connectivity index (χ2n) is 5.90. The van der Waals surface area contributed by atoms with Gasteiger partial charge in [0.1, 0.15) is 5.75 Å². The number of hydrogen-bond acceptors (Lipinski definition) is 5. The van der Waals surface area contributed by atoms with E-state index in [0.717, 1.165) is 12.2 Å². The number of anilines is 1. The summed E-state index contributed by atoms with van der Waals surface area (Å²) in [6, 6.07) is 6.91. The zero-order valence-electron chi connectivity index (χ0n) is 13.6. The molecule has 0 saturated heterocycles. The van der Waals surface area contributed by atoms with E-state index in [9.17, 15) is 4.79 Å². The van der Waals surface area contributed by atoms with Crippen LogP contribution in [0, 0.1) is 0 Å². The molecule has 1 N–H and O–H groups in total. The average molecular weight is 354 g/mol. The number of carbonyl (C=O) groups is 1. The third-order valence-corrected chi connectivity index (χ3v) is 4.04. The second-order valence-corrected chi connectivity index (χ2v) is 7.20. The molecule has 0 aliphatic heterocycles. The second kappa shape index (κ2) is 7.29.